The first kappa shape index (κ1) is 47.0. The molecule has 0 aliphatic rings. The average Bonchev–Trinajstić information content (AvgIpc) is 3.29. The molecule has 0 unspecified atom stereocenters. The lowest BCUT2D eigenvalue weighted by atomic mass is 9.76. The third kappa shape index (κ3) is 10.9. The van der Waals surface area contributed by atoms with Crippen LogP contribution in [0.25, 0.3) is 22.3 Å². The predicted molar refractivity (Wildman–Crippen MR) is 265 cm³/mol. The van der Waals surface area contributed by atoms with Crippen LogP contribution in [0, 0.1) is 13.8 Å². The molecule has 0 amide bonds. The molecular weight excluding hydrogens is 805 g/mol. The molecule has 0 atom stereocenters. The fourth-order valence-electron chi connectivity index (χ4n) is 7.89. The minimum Gasteiger partial charge on any atom is -0.508 e. The Morgan fingerprint density at radius 3 is 0.846 bits per heavy atom. The second-order valence-corrected chi connectivity index (χ2v) is 18.2. The number of hydrogen-bond acceptors (Lipinski definition) is 6. The first-order valence-corrected chi connectivity index (χ1v) is 21.8. The molecule has 0 aliphatic carbocycles. The fraction of sp³-hybridized carbons (Fsp3) is 0.186. The molecule has 8 aromatic carbocycles. The van der Waals surface area contributed by atoms with Crippen LogP contribution in [-0.2, 0) is 16.2 Å². The van der Waals surface area contributed by atoms with Gasteiger partial charge in [-0.25, -0.2) is 0 Å². The van der Waals surface area contributed by atoms with E-state index in [2.05, 4.69) is 53.7 Å². The summed E-state index contributed by atoms with van der Waals surface area (Å²) in [7, 11) is 0. The first-order valence-electron chi connectivity index (χ1n) is 21.8. The molecule has 0 heterocycles. The smallest absolute Gasteiger partial charge is 0.123 e. The van der Waals surface area contributed by atoms with E-state index in [-0.39, 0.29) is 39.2 Å². The van der Waals surface area contributed by atoms with Crippen LogP contribution in [0.15, 0.2) is 182 Å². The Kier molecular flexibility index (Phi) is 14.1. The van der Waals surface area contributed by atoms with Crippen molar-refractivity contribution in [2.75, 3.05) is 0 Å². The van der Waals surface area contributed by atoms with Gasteiger partial charge >= 0.3 is 0 Å². The zero-order valence-corrected chi connectivity index (χ0v) is 38.5. The van der Waals surface area contributed by atoms with Gasteiger partial charge in [-0.15, -0.1) is 0 Å². The van der Waals surface area contributed by atoms with Gasteiger partial charge in [0.1, 0.15) is 34.5 Å². The minimum absolute atomic E-state index is 0.151. The number of phenolic OH excluding ortho intramolecular Hbond substituents is 6. The van der Waals surface area contributed by atoms with E-state index in [0.29, 0.717) is 11.5 Å². The van der Waals surface area contributed by atoms with Crippen molar-refractivity contribution in [3.05, 3.63) is 226 Å². The van der Waals surface area contributed by atoms with E-state index < -0.39 is 0 Å². The van der Waals surface area contributed by atoms with E-state index in [4.69, 9.17) is 0 Å². The van der Waals surface area contributed by atoms with E-state index in [1.54, 1.807) is 48.5 Å². The number of rotatable bonds is 8. The molecule has 0 saturated carbocycles. The first-order chi connectivity index (χ1) is 30.8. The van der Waals surface area contributed by atoms with Gasteiger partial charge in [0.15, 0.2) is 0 Å². The van der Waals surface area contributed by atoms with Gasteiger partial charge in [0.2, 0.25) is 0 Å². The highest BCUT2D eigenvalue weighted by atomic mass is 16.3. The molecule has 8 aromatic rings. The zero-order chi connectivity index (χ0) is 47.1. The van der Waals surface area contributed by atoms with Crippen molar-refractivity contribution in [3.63, 3.8) is 0 Å². The standard InChI is InChI=1S/C27H24O2.C17H20O2.C15H16O2/c1-27(2,21-13-15-25(28)23(17-21)19-9-5-3-6-10-19)22-14-16-26(29)24(18-22)20-11-7-4-8-12-20;1-11-9-13(5-7-15(11)18)17(3,4)14-6-8-16(19)12(2)10-14;1-15(2,11-3-7-13(16)8-4-11)12-5-9-14(17)10-6-12/h3-18,28-29H,1-2H3;5-10,18-19H,1-4H3;3-10,16-17H,1-2H3. The minimum atomic E-state index is -0.311. The van der Waals surface area contributed by atoms with E-state index in [1.807, 2.05) is 135 Å². The summed E-state index contributed by atoms with van der Waals surface area (Å²) in [5, 5.41) is 58.7. The molecular formula is C59H60O6. The lowest BCUT2D eigenvalue weighted by Gasteiger charge is -2.28. The lowest BCUT2D eigenvalue weighted by Crippen LogP contribution is -2.19. The van der Waals surface area contributed by atoms with Crippen molar-refractivity contribution in [2.24, 2.45) is 0 Å². The highest BCUT2D eigenvalue weighted by molar-refractivity contribution is 5.73. The number of hydrogen-bond donors (Lipinski definition) is 6. The largest absolute Gasteiger partial charge is 0.508 e. The van der Waals surface area contributed by atoms with Gasteiger partial charge in [-0.1, -0.05) is 163 Å². The van der Waals surface area contributed by atoms with Crippen molar-refractivity contribution in [1.82, 2.24) is 0 Å². The highest BCUT2D eigenvalue weighted by Gasteiger charge is 2.27. The zero-order valence-electron chi connectivity index (χ0n) is 38.5. The molecule has 0 saturated heterocycles. The second-order valence-electron chi connectivity index (χ2n) is 18.2. The van der Waals surface area contributed by atoms with Gasteiger partial charge in [0, 0.05) is 27.4 Å². The molecule has 6 N–H and O–H groups in total. The Morgan fingerprint density at radius 2 is 0.538 bits per heavy atom. The van der Waals surface area contributed by atoms with Gasteiger partial charge in [0.25, 0.3) is 0 Å². The predicted octanol–water partition coefficient (Wildman–Crippen LogP) is 14.2. The van der Waals surface area contributed by atoms with Crippen molar-refractivity contribution >= 4 is 0 Å². The fourth-order valence-corrected chi connectivity index (χ4v) is 7.89. The molecule has 0 fully saturated rings. The quantitative estimate of drug-likeness (QED) is 0.0905. The van der Waals surface area contributed by atoms with Gasteiger partial charge in [-0.05, 0) is 130 Å². The van der Waals surface area contributed by atoms with E-state index in [0.717, 1.165) is 66.8 Å². The van der Waals surface area contributed by atoms with Crippen LogP contribution in [0.2, 0.25) is 0 Å². The SMILES string of the molecule is CC(C)(c1ccc(O)c(-c2ccccc2)c1)c1ccc(O)c(-c2ccccc2)c1.CC(C)(c1ccc(O)cc1)c1ccc(O)cc1.Cc1cc(C(C)(C)c2ccc(O)c(C)c2)ccc1O. The number of phenols is 6. The molecule has 6 nitrogen and oxygen atoms in total. The molecule has 6 heteroatoms. The van der Waals surface area contributed by atoms with Gasteiger partial charge in [-0.2, -0.15) is 0 Å². The van der Waals surface area contributed by atoms with E-state index in [1.165, 1.54) is 0 Å². The van der Waals surface area contributed by atoms with Crippen LogP contribution in [0.4, 0.5) is 0 Å². The molecule has 0 radical (unpaired) electrons. The van der Waals surface area contributed by atoms with Crippen LogP contribution < -0.4 is 0 Å². The summed E-state index contributed by atoms with van der Waals surface area (Å²) < 4.78 is 0. The summed E-state index contributed by atoms with van der Waals surface area (Å²) in [6.07, 6.45) is 0. The van der Waals surface area contributed by atoms with Crippen molar-refractivity contribution in [2.45, 2.75) is 71.6 Å². The highest BCUT2D eigenvalue weighted by Crippen LogP contribution is 2.41. The molecule has 332 valence electrons. The molecule has 0 bridgehead atoms. The van der Waals surface area contributed by atoms with Gasteiger partial charge < -0.3 is 30.6 Å². The topological polar surface area (TPSA) is 121 Å². The monoisotopic (exact) mass is 864 g/mol. The lowest BCUT2D eigenvalue weighted by molar-refractivity contribution is 0.469. The summed E-state index contributed by atoms with van der Waals surface area (Å²) in [6.45, 7) is 16.6. The molecule has 65 heavy (non-hydrogen) atoms. The maximum atomic E-state index is 10.4. The van der Waals surface area contributed by atoms with Crippen LogP contribution in [0.5, 0.6) is 34.5 Å². The maximum absolute atomic E-state index is 10.4. The maximum Gasteiger partial charge on any atom is 0.123 e. The van der Waals surface area contributed by atoms with Crippen molar-refractivity contribution in [3.8, 4) is 56.8 Å². The Labute approximate surface area is 384 Å². The van der Waals surface area contributed by atoms with Crippen LogP contribution in [0.3, 0.4) is 0 Å². The molecule has 0 aliphatic heterocycles. The number of benzene rings is 8. The number of aryl methyl sites for hydroxylation is 2. The Hall–Kier alpha value is -7.44. The van der Waals surface area contributed by atoms with Gasteiger partial charge in [-0.3, -0.25) is 0 Å². The third-order valence-corrected chi connectivity index (χ3v) is 12.6. The normalized spacial score (nSPS) is 11.4. The Morgan fingerprint density at radius 1 is 0.277 bits per heavy atom. The number of aromatic hydroxyl groups is 6. The van der Waals surface area contributed by atoms with E-state index in [9.17, 15) is 30.6 Å². The molecule has 8 rings (SSSR count). The van der Waals surface area contributed by atoms with E-state index >= 15 is 0 Å². The Bertz CT molecular complexity index is 2650. The van der Waals surface area contributed by atoms with Crippen LogP contribution in [0.1, 0.15) is 86.1 Å². The summed E-state index contributed by atoms with van der Waals surface area (Å²) in [6, 6.07) is 57.2. The molecule has 0 spiro atoms. The van der Waals surface area contributed by atoms with Gasteiger partial charge in [0.05, 0.1) is 0 Å². The average molecular weight is 865 g/mol. The van der Waals surface area contributed by atoms with Crippen molar-refractivity contribution < 1.29 is 30.6 Å². The third-order valence-electron chi connectivity index (χ3n) is 12.6. The van der Waals surface area contributed by atoms with Crippen molar-refractivity contribution in [1.29, 1.82) is 0 Å². The molecule has 0 aromatic heterocycles. The van der Waals surface area contributed by atoms with Crippen LogP contribution >= 0.6 is 0 Å². The summed E-state index contributed by atoms with van der Waals surface area (Å²) in [4.78, 5) is 0. The second kappa shape index (κ2) is 19.5. The summed E-state index contributed by atoms with van der Waals surface area (Å²) >= 11 is 0. The Balaban J connectivity index is 0.000000170. The summed E-state index contributed by atoms with van der Waals surface area (Å²) in [5.41, 5.74) is 11.5. The summed E-state index contributed by atoms with van der Waals surface area (Å²) in [5.74, 6) is 1.73. The van der Waals surface area contributed by atoms with Crippen LogP contribution in [-0.4, -0.2) is 30.6 Å².